The van der Waals surface area contributed by atoms with Crippen LogP contribution in [0.3, 0.4) is 0 Å². The molecular weight excluding hydrogens is 384 g/mol. The Bertz CT molecular complexity index is 1060. The van der Waals surface area contributed by atoms with Gasteiger partial charge in [-0.25, -0.2) is 8.78 Å². The van der Waals surface area contributed by atoms with Crippen molar-refractivity contribution in [2.75, 3.05) is 11.9 Å². The van der Waals surface area contributed by atoms with Crippen LogP contribution in [0, 0.1) is 6.92 Å². The molecule has 5 heteroatoms. The lowest BCUT2D eigenvalue weighted by Crippen LogP contribution is -2.25. The van der Waals surface area contributed by atoms with Crippen LogP contribution in [0.5, 0.6) is 5.75 Å². The number of rotatable bonds is 4. The third-order valence-electron chi connectivity index (χ3n) is 5.51. The van der Waals surface area contributed by atoms with E-state index in [1.54, 1.807) is 6.07 Å². The van der Waals surface area contributed by atoms with Crippen molar-refractivity contribution in [2.24, 2.45) is 0 Å². The molecule has 154 valence electrons. The molecule has 0 saturated carbocycles. The number of carbonyl (C=O) groups excluding carboxylic acids is 1. The van der Waals surface area contributed by atoms with Crippen molar-refractivity contribution < 1.29 is 18.3 Å². The highest BCUT2D eigenvalue weighted by Gasteiger charge is 2.34. The first-order valence-corrected chi connectivity index (χ1v) is 9.91. The molecule has 30 heavy (non-hydrogen) atoms. The van der Waals surface area contributed by atoms with Gasteiger partial charge in [-0.2, -0.15) is 0 Å². The van der Waals surface area contributed by atoms with Crippen molar-refractivity contribution in [1.29, 1.82) is 0 Å². The number of alkyl halides is 2. The number of anilines is 1. The van der Waals surface area contributed by atoms with Gasteiger partial charge in [0.1, 0.15) is 5.75 Å². The van der Waals surface area contributed by atoms with Crippen LogP contribution < -0.4 is 10.1 Å². The number of nitrogens with one attached hydrogen (secondary N) is 1. The molecule has 3 nitrogen and oxygen atoms in total. The fourth-order valence-electron chi connectivity index (χ4n) is 4.14. The summed E-state index contributed by atoms with van der Waals surface area (Å²) in [5, 5.41) is 2.78. The van der Waals surface area contributed by atoms with E-state index >= 15 is 0 Å². The molecular formula is C25H23F2NO2. The minimum atomic E-state index is -2.54. The normalized spacial score (nSPS) is 17.9. The lowest BCUT2D eigenvalue weighted by atomic mass is 9.75. The maximum atomic E-state index is 13.2. The van der Waals surface area contributed by atoms with Gasteiger partial charge in [0, 0.05) is 35.6 Å². The number of hydrogen-bond acceptors (Lipinski definition) is 2. The zero-order valence-corrected chi connectivity index (χ0v) is 16.9. The third kappa shape index (κ3) is 4.06. The number of halogens is 2. The number of ether oxygens (including phenoxy) is 1. The summed E-state index contributed by atoms with van der Waals surface area (Å²) in [7, 11) is 0. The Labute approximate surface area is 174 Å². The average Bonchev–Trinajstić information content (AvgIpc) is 2.72. The predicted octanol–water partition coefficient (Wildman–Crippen LogP) is 6.20. The van der Waals surface area contributed by atoms with Crippen molar-refractivity contribution >= 4 is 11.6 Å². The third-order valence-corrected chi connectivity index (χ3v) is 5.51. The molecule has 0 aromatic heterocycles. The highest BCUT2D eigenvalue weighted by Crippen LogP contribution is 2.47. The summed E-state index contributed by atoms with van der Waals surface area (Å²) in [6.45, 7) is 3.92. The fourth-order valence-corrected chi connectivity index (χ4v) is 4.14. The van der Waals surface area contributed by atoms with Gasteiger partial charge in [0.25, 0.3) is 6.43 Å². The Hall–Kier alpha value is -3.21. The van der Waals surface area contributed by atoms with Crippen LogP contribution >= 0.6 is 0 Å². The summed E-state index contributed by atoms with van der Waals surface area (Å²) >= 11 is 0. The van der Waals surface area contributed by atoms with Crippen molar-refractivity contribution in [3.8, 4) is 5.75 Å². The van der Waals surface area contributed by atoms with Gasteiger partial charge >= 0.3 is 0 Å². The van der Waals surface area contributed by atoms with E-state index in [-0.39, 0.29) is 23.3 Å². The molecule has 1 aliphatic heterocycles. The molecule has 4 rings (SSSR count). The van der Waals surface area contributed by atoms with E-state index in [2.05, 4.69) is 17.4 Å². The van der Waals surface area contributed by atoms with E-state index in [9.17, 15) is 13.6 Å². The number of hydrogen-bond donors (Lipinski definition) is 1. The standard InChI is InChI=1S/C25H23F2NO2/c1-15-4-3-5-18(12-15)22-14-30-23-13-19(25(26)27)8-11-21(23)24(22)17-6-9-20(10-7-17)28-16(2)29/h3-13,22,24-25H,14H2,1-2H3,(H,28,29). The van der Waals surface area contributed by atoms with Crippen LogP contribution in [0.4, 0.5) is 14.5 Å². The van der Waals surface area contributed by atoms with Crippen LogP contribution in [-0.4, -0.2) is 12.5 Å². The SMILES string of the molecule is CC(=O)Nc1ccc(C2c3ccc(C(F)F)cc3OCC2c2cccc(C)c2)cc1. The zero-order valence-electron chi connectivity index (χ0n) is 16.9. The molecule has 3 aromatic carbocycles. The second kappa shape index (κ2) is 8.27. The summed E-state index contributed by atoms with van der Waals surface area (Å²) in [6.07, 6.45) is -2.54. The van der Waals surface area contributed by atoms with Gasteiger partial charge in [-0.3, -0.25) is 4.79 Å². The van der Waals surface area contributed by atoms with Gasteiger partial charge in [0.05, 0.1) is 6.61 Å². The van der Waals surface area contributed by atoms with Gasteiger partial charge in [0.15, 0.2) is 0 Å². The molecule has 1 amide bonds. The molecule has 0 saturated heterocycles. The molecule has 0 radical (unpaired) electrons. The molecule has 0 spiro atoms. The maximum Gasteiger partial charge on any atom is 0.263 e. The zero-order chi connectivity index (χ0) is 21.3. The van der Waals surface area contributed by atoms with Crippen LogP contribution in [0.25, 0.3) is 0 Å². The quantitative estimate of drug-likeness (QED) is 0.559. The van der Waals surface area contributed by atoms with Gasteiger partial charge in [-0.05, 0) is 36.2 Å². The summed E-state index contributed by atoms with van der Waals surface area (Å²) in [4.78, 5) is 11.3. The van der Waals surface area contributed by atoms with E-state index in [1.165, 1.54) is 19.1 Å². The van der Waals surface area contributed by atoms with Crippen molar-refractivity contribution in [3.05, 3.63) is 94.5 Å². The van der Waals surface area contributed by atoms with Crippen LogP contribution in [0.1, 0.15) is 53.0 Å². The fraction of sp³-hybridized carbons (Fsp3) is 0.240. The largest absolute Gasteiger partial charge is 0.493 e. The summed E-state index contributed by atoms with van der Waals surface area (Å²) in [5.41, 5.74) is 4.93. The minimum Gasteiger partial charge on any atom is -0.493 e. The summed E-state index contributed by atoms with van der Waals surface area (Å²) in [5.74, 6) is 0.374. The van der Waals surface area contributed by atoms with Gasteiger partial charge in [-0.15, -0.1) is 0 Å². The number of carbonyl (C=O) groups is 1. The van der Waals surface area contributed by atoms with E-state index in [0.29, 0.717) is 12.4 Å². The minimum absolute atomic E-state index is 0.0393. The lowest BCUT2D eigenvalue weighted by Gasteiger charge is -2.35. The Balaban J connectivity index is 1.79. The Morgan fingerprint density at radius 1 is 1.03 bits per heavy atom. The lowest BCUT2D eigenvalue weighted by molar-refractivity contribution is -0.114. The second-order valence-electron chi connectivity index (χ2n) is 7.71. The Morgan fingerprint density at radius 2 is 1.80 bits per heavy atom. The molecule has 2 unspecified atom stereocenters. The van der Waals surface area contributed by atoms with Crippen molar-refractivity contribution in [1.82, 2.24) is 0 Å². The first kappa shape index (κ1) is 20.1. The molecule has 3 aromatic rings. The maximum absolute atomic E-state index is 13.2. The monoisotopic (exact) mass is 407 g/mol. The van der Waals surface area contributed by atoms with Crippen molar-refractivity contribution in [3.63, 3.8) is 0 Å². The van der Waals surface area contributed by atoms with Crippen LogP contribution in [0.15, 0.2) is 66.7 Å². The Kier molecular flexibility index (Phi) is 5.53. The predicted molar refractivity (Wildman–Crippen MR) is 113 cm³/mol. The average molecular weight is 407 g/mol. The van der Waals surface area contributed by atoms with Gasteiger partial charge in [0.2, 0.25) is 5.91 Å². The topological polar surface area (TPSA) is 38.3 Å². The molecule has 0 fully saturated rings. The molecule has 2 atom stereocenters. The van der Waals surface area contributed by atoms with Gasteiger partial charge in [-0.1, -0.05) is 54.1 Å². The number of aryl methyl sites for hydroxylation is 1. The Morgan fingerprint density at radius 3 is 2.47 bits per heavy atom. The van der Waals surface area contributed by atoms with E-state index in [4.69, 9.17) is 4.74 Å². The van der Waals surface area contributed by atoms with Crippen molar-refractivity contribution in [2.45, 2.75) is 32.1 Å². The van der Waals surface area contributed by atoms with E-state index in [0.717, 1.165) is 27.9 Å². The molecule has 1 heterocycles. The molecule has 1 aliphatic rings. The van der Waals surface area contributed by atoms with Crippen LogP contribution in [0.2, 0.25) is 0 Å². The highest BCUT2D eigenvalue weighted by atomic mass is 19.3. The number of fused-ring (bicyclic) bond motifs is 1. The van der Waals surface area contributed by atoms with Gasteiger partial charge < -0.3 is 10.1 Å². The summed E-state index contributed by atoms with van der Waals surface area (Å²) < 4.78 is 32.4. The summed E-state index contributed by atoms with van der Waals surface area (Å²) in [6, 6.07) is 20.7. The highest BCUT2D eigenvalue weighted by molar-refractivity contribution is 5.88. The molecule has 0 bridgehead atoms. The number of amides is 1. The van der Waals surface area contributed by atoms with Crippen LogP contribution in [-0.2, 0) is 4.79 Å². The first-order valence-electron chi connectivity index (χ1n) is 9.91. The first-order chi connectivity index (χ1) is 14.4. The number of benzene rings is 3. The molecule has 0 aliphatic carbocycles. The van der Waals surface area contributed by atoms with E-state index < -0.39 is 6.43 Å². The second-order valence-corrected chi connectivity index (χ2v) is 7.71. The van der Waals surface area contributed by atoms with E-state index in [1.807, 2.05) is 43.3 Å². The smallest absolute Gasteiger partial charge is 0.263 e. The molecule has 1 N–H and O–H groups in total.